The molecule has 0 saturated carbocycles. The third kappa shape index (κ3) is 9.91. The van der Waals surface area contributed by atoms with Crippen molar-refractivity contribution < 1.29 is 9.16 Å². The van der Waals surface area contributed by atoms with Crippen LogP contribution in [0.5, 0.6) is 0 Å². The molecule has 0 aromatic carbocycles. The summed E-state index contributed by atoms with van der Waals surface area (Å²) in [5, 5.41) is 0. The standard InChI is InChI=1S/C12H24O2Si/c1-6-7-12(13-10-11(2)3)8-9-14-15(4)5/h6,12,15H,1-2,7-10H2,3-5H3. The molecule has 15 heavy (non-hydrogen) atoms. The van der Waals surface area contributed by atoms with Gasteiger partial charge in [0.1, 0.15) is 0 Å². The van der Waals surface area contributed by atoms with E-state index in [0.717, 1.165) is 25.0 Å². The summed E-state index contributed by atoms with van der Waals surface area (Å²) in [6, 6.07) is 0. The number of hydrogen-bond donors (Lipinski definition) is 0. The van der Waals surface area contributed by atoms with Gasteiger partial charge in [0.05, 0.1) is 12.7 Å². The lowest BCUT2D eigenvalue weighted by atomic mass is 10.2. The van der Waals surface area contributed by atoms with Gasteiger partial charge in [-0.1, -0.05) is 18.2 Å². The van der Waals surface area contributed by atoms with Crippen molar-refractivity contribution in [2.24, 2.45) is 0 Å². The third-order valence-electron chi connectivity index (χ3n) is 1.89. The van der Waals surface area contributed by atoms with E-state index in [2.05, 4.69) is 26.3 Å². The maximum Gasteiger partial charge on any atom is 0.170 e. The third-order valence-corrected chi connectivity index (χ3v) is 2.79. The molecule has 1 atom stereocenters. The second-order valence-electron chi connectivity index (χ2n) is 4.12. The Morgan fingerprint density at radius 3 is 2.60 bits per heavy atom. The van der Waals surface area contributed by atoms with Crippen LogP contribution in [0.4, 0.5) is 0 Å². The first-order chi connectivity index (χ1) is 7.06. The van der Waals surface area contributed by atoms with Gasteiger partial charge in [-0.15, -0.1) is 6.58 Å². The maximum atomic E-state index is 5.69. The number of hydrogen-bond acceptors (Lipinski definition) is 2. The predicted molar refractivity (Wildman–Crippen MR) is 68.8 cm³/mol. The highest BCUT2D eigenvalue weighted by molar-refractivity contribution is 6.48. The van der Waals surface area contributed by atoms with Crippen molar-refractivity contribution in [3.63, 3.8) is 0 Å². The molecule has 0 heterocycles. The summed E-state index contributed by atoms with van der Waals surface area (Å²) >= 11 is 0. The van der Waals surface area contributed by atoms with Gasteiger partial charge in [-0.05, 0) is 32.9 Å². The molecule has 0 aliphatic heterocycles. The minimum atomic E-state index is -0.888. The molecule has 0 aliphatic rings. The average Bonchev–Trinajstić information content (AvgIpc) is 2.13. The first-order valence-electron chi connectivity index (χ1n) is 5.54. The molecule has 0 saturated heterocycles. The quantitative estimate of drug-likeness (QED) is 0.446. The van der Waals surface area contributed by atoms with Gasteiger partial charge in [-0.2, -0.15) is 0 Å². The average molecular weight is 228 g/mol. The second-order valence-corrected chi connectivity index (χ2v) is 6.55. The van der Waals surface area contributed by atoms with Crippen LogP contribution in [0.2, 0.25) is 13.1 Å². The zero-order valence-electron chi connectivity index (χ0n) is 10.3. The monoisotopic (exact) mass is 228 g/mol. The Bertz CT molecular complexity index is 190. The molecule has 0 bridgehead atoms. The van der Waals surface area contributed by atoms with E-state index >= 15 is 0 Å². The van der Waals surface area contributed by atoms with E-state index in [1.165, 1.54) is 0 Å². The van der Waals surface area contributed by atoms with Gasteiger partial charge in [0.15, 0.2) is 9.04 Å². The molecule has 0 aromatic rings. The van der Waals surface area contributed by atoms with Crippen LogP contribution in [0.3, 0.4) is 0 Å². The Hall–Kier alpha value is -0.383. The van der Waals surface area contributed by atoms with Gasteiger partial charge < -0.3 is 9.16 Å². The van der Waals surface area contributed by atoms with Crippen LogP contribution in [-0.4, -0.2) is 28.4 Å². The topological polar surface area (TPSA) is 18.5 Å². The van der Waals surface area contributed by atoms with Crippen molar-refractivity contribution in [3.05, 3.63) is 24.8 Å². The highest BCUT2D eigenvalue weighted by atomic mass is 28.3. The van der Waals surface area contributed by atoms with Crippen LogP contribution in [0.1, 0.15) is 19.8 Å². The van der Waals surface area contributed by atoms with Gasteiger partial charge in [0.2, 0.25) is 0 Å². The van der Waals surface area contributed by atoms with Crippen LogP contribution >= 0.6 is 0 Å². The molecular formula is C12H24O2Si. The Labute approximate surface area is 95.7 Å². The smallest absolute Gasteiger partial charge is 0.170 e. The van der Waals surface area contributed by atoms with E-state index in [-0.39, 0.29) is 6.10 Å². The fraction of sp³-hybridized carbons (Fsp3) is 0.667. The highest BCUT2D eigenvalue weighted by Gasteiger charge is 2.07. The molecule has 88 valence electrons. The molecule has 1 unspecified atom stereocenters. The van der Waals surface area contributed by atoms with Crippen molar-refractivity contribution in [3.8, 4) is 0 Å². The van der Waals surface area contributed by atoms with Crippen LogP contribution in [0.25, 0.3) is 0 Å². The Balaban J connectivity index is 3.72. The van der Waals surface area contributed by atoms with E-state index in [9.17, 15) is 0 Å². The van der Waals surface area contributed by atoms with E-state index in [0.29, 0.717) is 6.61 Å². The second kappa shape index (κ2) is 8.89. The lowest BCUT2D eigenvalue weighted by Gasteiger charge is -2.17. The molecule has 0 aromatic heterocycles. The molecular weight excluding hydrogens is 204 g/mol. The molecule has 0 radical (unpaired) electrons. The summed E-state index contributed by atoms with van der Waals surface area (Å²) in [6.45, 7) is 15.3. The van der Waals surface area contributed by atoms with Gasteiger partial charge in [0, 0.05) is 6.61 Å². The van der Waals surface area contributed by atoms with Crippen LogP contribution < -0.4 is 0 Å². The zero-order valence-corrected chi connectivity index (χ0v) is 11.4. The molecule has 0 aliphatic carbocycles. The van der Waals surface area contributed by atoms with Crippen LogP contribution in [0.15, 0.2) is 24.8 Å². The summed E-state index contributed by atoms with van der Waals surface area (Å²) in [4.78, 5) is 0. The summed E-state index contributed by atoms with van der Waals surface area (Å²) in [7, 11) is -0.888. The first-order valence-corrected chi connectivity index (χ1v) is 8.32. The Morgan fingerprint density at radius 1 is 1.47 bits per heavy atom. The first kappa shape index (κ1) is 14.6. The van der Waals surface area contributed by atoms with Gasteiger partial charge in [0.25, 0.3) is 0 Å². The summed E-state index contributed by atoms with van der Waals surface area (Å²) in [5.74, 6) is 0. The lowest BCUT2D eigenvalue weighted by Crippen LogP contribution is -2.18. The summed E-state index contributed by atoms with van der Waals surface area (Å²) in [5.41, 5.74) is 1.06. The fourth-order valence-corrected chi connectivity index (χ4v) is 1.76. The molecule has 0 spiro atoms. The van der Waals surface area contributed by atoms with Crippen molar-refractivity contribution in [1.29, 1.82) is 0 Å². The lowest BCUT2D eigenvalue weighted by molar-refractivity contribution is 0.0549. The van der Waals surface area contributed by atoms with Crippen molar-refractivity contribution in [2.45, 2.75) is 39.0 Å². The number of ether oxygens (including phenoxy) is 1. The van der Waals surface area contributed by atoms with E-state index in [4.69, 9.17) is 9.16 Å². The Kier molecular flexibility index (Phi) is 8.66. The SMILES string of the molecule is C=CCC(CCO[SiH](C)C)OCC(=C)C. The minimum absolute atomic E-state index is 0.229. The molecule has 2 nitrogen and oxygen atoms in total. The van der Waals surface area contributed by atoms with E-state index in [1.807, 2.05) is 13.0 Å². The normalized spacial score (nSPS) is 12.8. The number of rotatable bonds is 9. The zero-order chi connectivity index (χ0) is 11.7. The van der Waals surface area contributed by atoms with Crippen molar-refractivity contribution in [1.82, 2.24) is 0 Å². The molecule has 0 rings (SSSR count). The van der Waals surface area contributed by atoms with E-state index in [1.54, 1.807) is 0 Å². The van der Waals surface area contributed by atoms with E-state index < -0.39 is 9.04 Å². The fourth-order valence-electron chi connectivity index (χ4n) is 1.15. The maximum absolute atomic E-state index is 5.69. The van der Waals surface area contributed by atoms with Crippen molar-refractivity contribution in [2.75, 3.05) is 13.2 Å². The molecule has 0 amide bonds. The molecule has 0 fully saturated rings. The highest BCUT2D eigenvalue weighted by Crippen LogP contribution is 2.07. The predicted octanol–water partition coefficient (Wildman–Crippen LogP) is 2.91. The molecule has 3 heteroatoms. The van der Waals surface area contributed by atoms with Gasteiger partial charge >= 0.3 is 0 Å². The Morgan fingerprint density at radius 2 is 2.13 bits per heavy atom. The summed E-state index contributed by atoms with van der Waals surface area (Å²) in [6.07, 6.45) is 3.96. The largest absolute Gasteiger partial charge is 0.420 e. The van der Waals surface area contributed by atoms with Gasteiger partial charge in [-0.3, -0.25) is 0 Å². The van der Waals surface area contributed by atoms with Gasteiger partial charge in [-0.25, -0.2) is 0 Å². The van der Waals surface area contributed by atoms with Crippen molar-refractivity contribution >= 4 is 9.04 Å². The van der Waals surface area contributed by atoms with Crippen LogP contribution in [0, 0.1) is 0 Å². The van der Waals surface area contributed by atoms with Crippen LogP contribution in [-0.2, 0) is 9.16 Å². The minimum Gasteiger partial charge on any atom is -0.420 e. The molecule has 0 N–H and O–H groups in total. The summed E-state index contributed by atoms with van der Waals surface area (Å²) < 4.78 is 11.3.